The highest BCUT2D eigenvalue weighted by Gasteiger charge is 2.28. The van der Waals surface area contributed by atoms with Gasteiger partial charge in [-0.05, 0) is 43.2 Å². The molecular weight excluding hydrogens is 404 g/mol. The molecule has 1 heterocycles. The number of hydrogen-bond acceptors (Lipinski definition) is 5. The average molecular weight is 425 g/mol. The SMILES string of the molecule is COc1ccc(NC(=O)c2cc(S(=O)(=O)N3CCCC3)ccc2Cl)c(OC)c1. The first-order chi connectivity index (χ1) is 13.4. The zero-order valence-corrected chi connectivity index (χ0v) is 17.1. The third-order valence-corrected chi connectivity index (χ3v) is 6.77. The molecule has 0 radical (unpaired) electrons. The predicted molar refractivity (Wildman–Crippen MR) is 107 cm³/mol. The van der Waals surface area contributed by atoms with E-state index in [2.05, 4.69) is 5.32 Å². The lowest BCUT2D eigenvalue weighted by molar-refractivity contribution is 0.102. The normalized spacial score (nSPS) is 14.7. The van der Waals surface area contributed by atoms with Crippen LogP contribution in [0.4, 0.5) is 5.69 Å². The number of sulfonamides is 1. The number of rotatable bonds is 6. The lowest BCUT2D eigenvalue weighted by atomic mass is 10.2. The van der Waals surface area contributed by atoms with Gasteiger partial charge in [-0.1, -0.05) is 11.6 Å². The summed E-state index contributed by atoms with van der Waals surface area (Å²) in [6.45, 7) is 0.963. The number of methoxy groups -OCH3 is 2. The predicted octanol–water partition coefficient (Wildman–Crippen LogP) is 3.39. The van der Waals surface area contributed by atoms with Gasteiger partial charge in [0.15, 0.2) is 0 Å². The highest BCUT2D eigenvalue weighted by atomic mass is 35.5. The van der Waals surface area contributed by atoms with E-state index in [-0.39, 0.29) is 15.5 Å². The number of anilines is 1. The molecule has 0 atom stereocenters. The van der Waals surface area contributed by atoms with E-state index in [1.165, 1.54) is 36.7 Å². The van der Waals surface area contributed by atoms with Gasteiger partial charge in [0.2, 0.25) is 10.0 Å². The number of benzene rings is 2. The Labute approximate surface area is 169 Å². The zero-order valence-electron chi connectivity index (χ0n) is 15.6. The molecule has 2 aromatic carbocycles. The first kappa shape index (κ1) is 20.4. The molecule has 1 saturated heterocycles. The summed E-state index contributed by atoms with van der Waals surface area (Å²) in [7, 11) is -0.653. The van der Waals surface area contributed by atoms with Crippen molar-refractivity contribution in [2.45, 2.75) is 17.7 Å². The molecule has 1 aliphatic heterocycles. The lowest BCUT2D eigenvalue weighted by Crippen LogP contribution is -2.28. The highest BCUT2D eigenvalue weighted by molar-refractivity contribution is 7.89. The van der Waals surface area contributed by atoms with E-state index in [1.807, 2.05) is 0 Å². The molecule has 3 rings (SSSR count). The fourth-order valence-electron chi connectivity index (χ4n) is 3.01. The van der Waals surface area contributed by atoms with Crippen molar-refractivity contribution in [2.24, 2.45) is 0 Å². The average Bonchev–Trinajstić information content (AvgIpc) is 3.24. The Hall–Kier alpha value is -2.29. The molecule has 1 aliphatic rings. The molecule has 0 spiro atoms. The van der Waals surface area contributed by atoms with Crippen LogP contribution >= 0.6 is 11.6 Å². The van der Waals surface area contributed by atoms with Crippen molar-refractivity contribution < 1.29 is 22.7 Å². The van der Waals surface area contributed by atoms with Gasteiger partial charge in [-0.25, -0.2) is 8.42 Å². The van der Waals surface area contributed by atoms with Crippen molar-refractivity contribution in [2.75, 3.05) is 32.6 Å². The van der Waals surface area contributed by atoms with Gasteiger partial charge in [0.25, 0.3) is 5.91 Å². The maximum atomic E-state index is 12.8. The van der Waals surface area contributed by atoms with Crippen LogP contribution in [0.2, 0.25) is 5.02 Å². The van der Waals surface area contributed by atoms with Gasteiger partial charge in [0, 0.05) is 19.2 Å². The summed E-state index contributed by atoms with van der Waals surface area (Å²) >= 11 is 6.17. The Morgan fingerprint density at radius 2 is 1.79 bits per heavy atom. The molecular formula is C19H21ClN2O5S. The van der Waals surface area contributed by atoms with E-state index in [4.69, 9.17) is 21.1 Å². The number of nitrogens with zero attached hydrogens (tertiary/aromatic N) is 1. The lowest BCUT2D eigenvalue weighted by Gasteiger charge is -2.17. The molecule has 0 bridgehead atoms. The minimum atomic E-state index is -3.65. The monoisotopic (exact) mass is 424 g/mol. The largest absolute Gasteiger partial charge is 0.497 e. The standard InChI is InChI=1S/C19H21ClN2O5S/c1-26-13-5-8-17(18(11-13)27-2)21-19(23)15-12-14(6-7-16(15)20)28(24,25)22-9-3-4-10-22/h5-8,11-12H,3-4,9-10H2,1-2H3,(H,21,23). The Balaban J connectivity index is 1.90. The van der Waals surface area contributed by atoms with Gasteiger partial charge in [-0.3, -0.25) is 4.79 Å². The molecule has 2 aromatic rings. The van der Waals surface area contributed by atoms with Crippen molar-refractivity contribution in [3.8, 4) is 11.5 Å². The van der Waals surface area contributed by atoms with Gasteiger partial charge < -0.3 is 14.8 Å². The van der Waals surface area contributed by atoms with Gasteiger partial charge in [-0.15, -0.1) is 0 Å². The zero-order chi connectivity index (χ0) is 20.3. The molecule has 7 nitrogen and oxygen atoms in total. The van der Waals surface area contributed by atoms with Crippen molar-refractivity contribution in [1.82, 2.24) is 4.31 Å². The Morgan fingerprint density at radius 3 is 2.43 bits per heavy atom. The second-order valence-electron chi connectivity index (χ2n) is 6.27. The fraction of sp³-hybridized carbons (Fsp3) is 0.316. The summed E-state index contributed by atoms with van der Waals surface area (Å²) in [5.74, 6) is 0.447. The number of carbonyl (C=O) groups is 1. The van der Waals surface area contributed by atoms with E-state index in [9.17, 15) is 13.2 Å². The summed E-state index contributed by atoms with van der Waals surface area (Å²) in [6.07, 6.45) is 1.66. The number of halogens is 1. The molecule has 150 valence electrons. The van der Waals surface area contributed by atoms with Crippen molar-refractivity contribution in [1.29, 1.82) is 0 Å². The van der Waals surface area contributed by atoms with E-state index >= 15 is 0 Å². The number of nitrogens with one attached hydrogen (secondary N) is 1. The van der Waals surface area contributed by atoms with E-state index < -0.39 is 15.9 Å². The first-order valence-corrected chi connectivity index (χ1v) is 10.5. The van der Waals surface area contributed by atoms with Crippen LogP contribution in [-0.4, -0.2) is 45.9 Å². The number of amides is 1. The second kappa shape index (κ2) is 8.38. The van der Waals surface area contributed by atoms with Crippen LogP contribution in [0.3, 0.4) is 0 Å². The van der Waals surface area contributed by atoms with Crippen LogP contribution in [-0.2, 0) is 10.0 Å². The van der Waals surface area contributed by atoms with Crippen LogP contribution in [0.5, 0.6) is 11.5 Å². The summed E-state index contributed by atoms with van der Waals surface area (Å²) < 4.78 is 37.4. The van der Waals surface area contributed by atoms with E-state index in [0.29, 0.717) is 30.3 Å². The molecule has 9 heteroatoms. The Morgan fingerprint density at radius 1 is 1.07 bits per heavy atom. The smallest absolute Gasteiger partial charge is 0.257 e. The minimum absolute atomic E-state index is 0.0469. The second-order valence-corrected chi connectivity index (χ2v) is 8.62. The molecule has 0 unspecified atom stereocenters. The fourth-order valence-corrected chi connectivity index (χ4v) is 4.76. The molecule has 0 aliphatic carbocycles. The maximum absolute atomic E-state index is 12.8. The topological polar surface area (TPSA) is 84.9 Å². The molecule has 0 saturated carbocycles. The van der Waals surface area contributed by atoms with Gasteiger partial charge in [0.05, 0.1) is 35.4 Å². The van der Waals surface area contributed by atoms with E-state index in [1.54, 1.807) is 18.2 Å². The third-order valence-electron chi connectivity index (χ3n) is 4.54. The minimum Gasteiger partial charge on any atom is -0.497 e. The molecule has 1 fully saturated rings. The Kier molecular flexibility index (Phi) is 6.12. The highest BCUT2D eigenvalue weighted by Crippen LogP contribution is 2.31. The van der Waals surface area contributed by atoms with Crippen LogP contribution in [0.15, 0.2) is 41.3 Å². The van der Waals surface area contributed by atoms with Crippen LogP contribution < -0.4 is 14.8 Å². The molecule has 28 heavy (non-hydrogen) atoms. The molecule has 0 aromatic heterocycles. The third kappa shape index (κ3) is 4.09. The van der Waals surface area contributed by atoms with Crippen molar-refractivity contribution in [3.63, 3.8) is 0 Å². The number of carbonyl (C=O) groups excluding carboxylic acids is 1. The summed E-state index contributed by atoms with van der Waals surface area (Å²) in [5.41, 5.74) is 0.483. The summed E-state index contributed by atoms with van der Waals surface area (Å²) in [4.78, 5) is 12.8. The van der Waals surface area contributed by atoms with Gasteiger partial charge >= 0.3 is 0 Å². The van der Waals surface area contributed by atoms with Crippen LogP contribution in [0.1, 0.15) is 23.2 Å². The number of ether oxygens (including phenoxy) is 2. The maximum Gasteiger partial charge on any atom is 0.257 e. The summed E-state index contributed by atoms with van der Waals surface area (Å²) in [6, 6.07) is 9.08. The molecule has 1 amide bonds. The van der Waals surface area contributed by atoms with Crippen LogP contribution in [0.25, 0.3) is 0 Å². The summed E-state index contributed by atoms with van der Waals surface area (Å²) in [5, 5.41) is 2.86. The van der Waals surface area contributed by atoms with Gasteiger partial charge in [0.1, 0.15) is 11.5 Å². The van der Waals surface area contributed by atoms with Gasteiger partial charge in [-0.2, -0.15) is 4.31 Å². The van der Waals surface area contributed by atoms with Crippen LogP contribution in [0, 0.1) is 0 Å². The van der Waals surface area contributed by atoms with Crippen molar-refractivity contribution in [3.05, 3.63) is 47.0 Å². The molecule has 1 N–H and O–H groups in total. The first-order valence-electron chi connectivity index (χ1n) is 8.70. The van der Waals surface area contributed by atoms with Crippen molar-refractivity contribution >= 4 is 33.2 Å². The quantitative estimate of drug-likeness (QED) is 0.768. The van der Waals surface area contributed by atoms with E-state index in [0.717, 1.165) is 12.8 Å². The number of hydrogen-bond donors (Lipinski definition) is 1. The Bertz CT molecular complexity index is 988.